The Balaban J connectivity index is 0.920. The third-order valence-electron chi connectivity index (χ3n) is 10.4. The van der Waals surface area contributed by atoms with Gasteiger partial charge in [-0.25, -0.2) is 17.8 Å². The first kappa shape index (κ1) is 38.3. The molecular weight excluding hydrogens is 768 g/mol. The van der Waals surface area contributed by atoms with Crippen molar-refractivity contribution in [2.75, 3.05) is 18.4 Å². The number of carbonyl (C=O) groups excluding carboxylic acids is 3. The fraction of sp³-hybridized carbons (Fsp3) is 0.275. The maximum absolute atomic E-state index is 15.5. The van der Waals surface area contributed by atoms with Crippen molar-refractivity contribution in [3.05, 3.63) is 107 Å². The monoisotopic (exact) mass is 807 g/mol. The van der Waals surface area contributed by atoms with Gasteiger partial charge in [-0.05, 0) is 73.4 Å². The Morgan fingerprint density at radius 2 is 1.90 bits per heavy atom. The molecule has 58 heavy (non-hydrogen) atoms. The molecule has 2 fully saturated rings. The number of benzene rings is 3. The number of carbonyl (C=O) groups is 3. The molecule has 0 bridgehead atoms. The Labute approximate surface area is 332 Å². The number of rotatable bonds is 12. The SMILES string of the molecule is CC(C)Oc1c(/C(C=[NH2+])=C/N)ncn2nc(Nc3ccc(S(=O)(=O)c4cccc(CN5CC(c6ccc7c(c6)CN(C6CCC(=O)NC6=O)C7=O)C5)c4)cc3F)nc12. The molecule has 0 radical (unpaired) electrons. The molecule has 6 N–H and O–H groups in total. The highest BCUT2D eigenvalue weighted by atomic mass is 32.2. The van der Waals surface area contributed by atoms with Crippen LogP contribution in [0.4, 0.5) is 16.0 Å². The summed E-state index contributed by atoms with van der Waals surface area (Å²) in [6.45, 7) is 5.92. The number of likely N-dealkylation sites (tertiary alicyclic amines) is 1. The minimum Gasteiger partial charge on any atom is -0.485 e. The van der Waals surface area contributed by atoms with Crippen molar-refractivity contribution >= 4 is 56.6 Å². The van der Waals surface area contributed by atoms with Crippen LogP contribution in [0, 0.1) is 5.82 Å². The summed E-state index contributed by atoms with van der Waals surface area (Å²) >= 11 is 0. The second-order valence-corrected chi connectivity index (χ2v) is 16.7. The smallest absolute Gasteiger partial charge is 0.255 e. The molecular formula is C40H40FN10O6S+. The van der Waals surface area contributed by atoms with Gasteiger partial charge in [-0.15, -0.1) is 5.10 Å². The highest BCUT2D eigenvalue weighted by Gasteiger charge is 2.40. The van der Waals surface area contributed by atoms with Crippen LogP contribution >= 0.6 is 0 Å². The van der Waals surface area contributed by atoms with E-state index in [-0.39, 0.29) is 63.1 Å². The van der Waals surface area contributed by atoms with Crippen molar-refractivity contribution in [1.29, 1.82) is 0 Å². The van der Waals surface area contributed by atoms with Crippen LogP contribution in [0.3, 0.4) is 0 Å². The van der Waals surface area contributed by atoms with Gasteiger partial charge in [-0.2, -0.15) is 9.50 Å². The zero-order valence-corrected chi connectivity index (χ0v) is 32.4. The first-order valence-corrected chi connectivity index (χ1v) is 20.1. The fourth-order valence-electron chi connectivity index (χ4n) is 7.50. The molecule has 3 aliphatic heterocycles. The molecule has 18 heteroatoms. The number of nitrogens with zero attached hydrogens (tertiary/aromatic N) is 6. The molecule has 1 unspecified atom stereocenters. The normalized spacial score (nSPS) is 17.7. The largest absolute Gasteiger partial charge is 0.485 e. The van der Waals surface area contributed by atoms with E-state index in [1.807, 2.05) is 38.1 Å². The lowest BCUT2D eigenvalue weighted by atomic mass is 9.89. The van der Waals surface area contributed by atoms with Crippen LogP contribution in [0.1, 0.15) is 65.3 Å². The van der Waals surface area contributed by atoms with Gasteiger partial charge in [0, 0.05) is 50.3 Å². The molecule has 1 atom stereocenters. The van der Waals surface area contributed by atoms with Crippen LogP contribution in [0.25, 0.3) is 11.2 Å². The molecule has 0 spiro atoms. The van der Waals surface area contributed by atoms with Crippen LogP contribution in [0.15, 0.2) is 83.0 Å². The van der Waals surface area contributed by atoms with E-state index in [1.54, 1.807) is 12.1 Å². The molecule has 2 saturated heterocycles. The Bertz CT molecular complexity index is 2660. The van der Waals surface area contributed by atoms with E-state index in [0.717, 1.165) is 35.8 Å². The maximum atomic E-state index is 15.5. The van der Waals surface area contributed by atoms with Crippen molar-refractivity contribution in [1.82, 2.24) is 34.7 Å². The summed E-state index contributed by atoms with van der Waals surface area (Å²) in [5.74, 6) is -1.31. The summed E-state index contributed by atoms with van der Waals surface area (Å²) in [6, 6.07) is 15.3. The lowest BCUT2D eigenvalue weighted by Gasteiger charge is -2.40. The quantitative estimate of drug-likeness (QED) is 0.105. The predicted molar refractivity (Wildman–Crippen MR) is 209 cm³/mol. The summed E-state index contributed by atoms with van der Waals surface area (Å²) in [7, 11) is -4.09. The second-order valence-electron chi connectivity index (χ2n) is 14.7. The number of piperidine rings is 1. The summed E-state index contributed by atoms with van der Waals surface area (Å²) in [4.78, 5) is 49.5. The van der Waals surface area contributed by atoms with Gasteiger partial charge in [0.2, 0.25) is 33.2 Å². The molecule has 5 aromatic rings. The van der Waals surface area contributed by atoms with Crippen LogP contribution in [-0.4, -0.2) is 87.0 Å². The molecule has 5 heterocycles. The number of sulfone groups is 1. The number of hydrogen-bond acceptors (Lipinski definition) is 12. The summed E-state index contributed by atoms with van der Waals surface area (Å²) in [6.07, 6.45) is 4.22. The van der Waals surface area contributed by atoms with Gasteiger partial charge >= 0.3 is 0 Å². The van der Waals surface area contributed by atoms with E-state index in [4.69, 9.17) is 15.9 Å². The van der Waals surface area contributed by atoms with Crippen LogP contribution in [0.2, 0.25) is 0 Å². The summed E-state index contributed by atoms with van der Waals surface area (Å²) in [5, 5.41) is 15.2. The number of nitrogens with two attached hydrogens (primary N) is 2. The van der Waals surface area contributed by atoms with Gasteiger partial charge in [0.05, 0.1) is 27.2 Å². The van der Waals surface area contributed by atoms with Gasteiger partial charge in [0.15, 0.2) is 12.0 Å². The molecule has 0 aliphatic carbocycles. The molecule has 16 nitrogen and oxygen atoms in total. The Morgan fingerprint density at radius 3 is 2.62 bits per heavy atom. The number of amides is 3. The molecule has 3 aliphatic rings. The minimum absolute atomic E-state index is 0.0145. The highest BCUT2D eigenvalue weighted by Crippen LogP contribution is 2.35. The molecule has 298 valence electrons. The van der Waals surface area contributed by atoms with Crippen LogP contribution in [0.5, 0.6) is 5.75 Å². The number of allylic oxidation sites excluding steroid dienone is 1. The van der Waals surface area contributed by atoms with E-state index < -0.39 is 27.6 Å². The fourth-order valence-corrected chi connectivity index (χ4v) is 8.84. The third-order valence-corrected chi connectivity index (χ3v) is 12.2. The van der Waals surface area contributed by atoms with Gasteiger partial charge in [0.25, 0.3) is 5.91 Å². The maximum Gasteiger partial charge on any atom is 0.255 e. The Morgan fingerprint density at radius 1 is 1.10 bits per heavy atom. The zero-order chi connectivity index (χ0) is 40.9. The number of anilines is 2. The molecule has 2 aromatic heterocycles. The topological polar surface area (TPSA) is 220 Å². The second kappa shape index (κ2) is 15.1. The van der Waals surface area contributed by atoms with E-state index >= 15 is 4.39 Å². The third kappa shape index (κ3) is 7.15. The number of hydrogen-bond donors (Lipinski definition) is 4. The summed E-state index contributed by atoms with van der Waals surface area (Å²) in [5.41, 5.74) is 10.0. The summed E-state index contributed by atoms with van der Waals surface area (Å²) < 4.78 is 50.3. The number of fused-ring (bicyclic) bond motifs is 2. The first-order valence-electron chi connectivity index (χ1n) is 18.6. The number of aromatic nitrogens is 4. The number of imide groups is 1. The van der Waals surface area contributed by atoms with Crippen molar-refractivity contribution in [3.8, 4) is 5.75 Å². The van der Waals surface area contributed by atoms with E-state index in [2.05, 4.69) is 30.6 Å². The average molecular weight is 808 g/mol. The average Bonchev–Trinajstić information content (AvgIpc) is 3.74. The van der Waals surface area contributed by atoms with Crippen molar-refractivity contribution < 1.29 is 37.3 Å². The zero-order valence-electron chi connectivity index (χ0n) is 31.6. The van der Waals surface area contributed by atoms with Crippen molar-refractivity contribution in [2.45, 2.75) is 67.6 Å². The van der Waals surface area contributed by atoms with E-state index in [1.165, 1.54) is 46.4 Å². The number of nitrogens with one attached hydrogen (secondary N) is 2. The van der Waals surface area contributed by atoms with Crippen LogP contribution < -0.4 is 26.5 Å². The van der Waals surface area contributed by atoms with Crippen molar-refractivity contribution in [2.24, 2.45) is 5.73 Å². The Hall–Kier alpha value is -6.53. The standard InChI is InChI=1S/C40H39FN10O6S/c1-22(2)57-36-35(26(15-42)16-43)44-21-51-37(36)47-40(48-51)45-32-9-7-29(14-31(32)41)58(55,56)28-5-3-4-23(12-28)17-49-18-27(19-49)24-6-8-30-25(13-24)20-50(39(30)54)33-10-11-34(52)46-38(33)53/h3-9,12-16,21-22,27,33,42H,10-11,17-20,43H2,1-2H3,(H,45,48)(H,46,52,53)/p+1/b26-16+,42-15?. The molecule has 0 saturated carbocycles. The van der Waals surface area contributed by atoms with E-state index in [9.17, 15) is 22.8 Å². The number of halogens is 1. The molecule has 3 amide bonds. The van der Waals surface area contributed by atoms with Crippen molar-refractivity contribution in [3.63, 3.8) is 0 Å². The van der Waals surface area contributed by atoms with Gasteiger partial charge in [0.1, 0.15) is 23.9 Å². The minimum atomic E-state index is -4.09. The molecule has 3 aromatic carbocycles. The highest BCUT2D eigenvalue weighted by molar-refractivity contribution is 7.91. The van der Waals surface area contributed by atoms with Gasteiger partial charge in [-0.3, -0.25) is 30.0 Å². The van der Waals surface area contributed by atoms with Crippen LogP contribution in [-0.2, 0) is 32.5 Å². The molecule has 8 rings (SSSR count). The van der Waals surface area contributed by atoms with Gasteiger partial charge < -0.3 is 20.7 Å². The first-order chi connectivity index (χ1) is 27.8. The predicted octanol–water partition coefficient (Wildman–Crippen LogP) is 2.12. The lowest BCUT2D eigenvalue weighted by Crippen LogP contribution is -2.52. The Kier molecular flexibility index (Phi) is 9.98. The number of ether oxygens (including phenoxy) is 1. The lowest BCUT2D eigenvalue weighted by molar-refractivity contribution is -0.136. The van der Waals surface area contributed by atoms with Gasteiger partial charge in [-0.1, -0.05) is 24.3 Å². The van der Waals surface area contributed by atoms with E-state index in [0.29, 0.717) is 36.3 Å².